The molecule has 7 heteroatoms. The number of nitrogens with zero attached hydrogens (tertiary/aromatic N) is 3. The number of amides is 1. The lowest BCUT2D eigenvalue weighted by molar-refractivity contribution is 0.102. The number of carbonyl (C=O) groups excluding carboxylic acids is 1. The van der Waals surface area contributed by atoms with Gasteiger partial charge >= 0.3 is 0 Å². The summed E-state index contributed by atoms with van der Waals surface area (Å²) in [7, 11) is 1.73. The Balaban J connectivity index is 2.11. The summed E-state index contributed by atoms with van der Waals surface area (Å²) < 4.78 is 0. The Morgan fingerprint density at radius 3 is 2.88 bits per heavy atom. The van der Waals surface area contributed by atoms with E-state index in [0.29, 0.717) is 15.8 Å². The maximum absolute atomic E-state index is 11.8. The summed E-state index contributed by atoms with van der Waals surface area (Å²) >= 11 is 1.20. The van der Waals surface area contributed by atoms with Crippen molar-refractivity contribution in [2.24, 2.45) is 0 Å². The van der Waals surface area contributed by atoms with Crippen LogP contribution in [0.25, 0.3) is 0 Å². The van der Waals surface area contributed by atoms with E-state index in [2.05, 4.69) is 25.8 Å². The molecule has 0 radical (unpaired) electrons. The summed E-state index contributed by atoms with van der Waals surface area (Å²) in [5.74, 6) is -0.269. The average molecular weight is 249 g/mol. The smallest absolute Gasteiger partial charge is 0.286 e. The van der Waals surface area contributed by atoms with Gasteiger partial charge in [-0.25, -0.2) is 0 Å². The molecular weight excluding hydrogens is 238 g/mol. The van der Waals surface area contributed by atoms with Crippen molar-refractivity contribution in [2.45, 2.75) is 6.92 Å². The van der Waals surface area contributed by atoms with Crippen molar-refractivity contribution in [2.75, 3.05) is 17.7 Å². The lowest BCUT2D eigenvalue weighted by Crippen LogP contribution is -2.11. The standard InChI is InChI=1S/C10H11N5OS/c1-6-5-7(3-4-12-6)13-8(16)9-14-15-10(11-2)17-9/h3-5H,1-2H3,(H,11,15)(H,12,13,16). The molecule has 0 aliphatic heterocycles. The molecular formula is C10H11N5OS. The lowest BCUT2D eigenvalue weighted by atomic mass is 10.3. The van der Waals surface area contributed by atoms with Gasteiger partial charge in [0.15, 0.2) is 0 Å². The largest absolute Gasteiger partial charge is 0.363 e. The minimum atomic E-state index is -0.269. The number of nitrogens with one attached hydrogen (secondary N) is 2. The second kappa shape index (κ2) is 4.88. The molecule has 2 N–H and O–H groups in total. The van der Waals surface area contributed by atoms with Crippen molar-refractivity contribution < 1.29 is 4.79 Å². The predicted molar refractivity (Wildman–Crippen MR) is 66.4 cm³/mol. The Kier molecular flexibility index (Phi) is 3.29. The first-order valence-electron chi connectivity index (χ1n) is 4.94. The molecule has 17 heavy (non-hydrogen) atoms. The van der Waals surface area contributed by atoms with Crippen molar-refractivity contribution in [3.63, 3.8) is 0 Å². The minimum Gasteiger partial charge on any atom is -0.363 e. The topological polar surface area (TPSA) is 79.8 Å². The van der Waals surface area contributed by atoms with Gasteiger partial charge in [0.25, 0.3) is 5.91 Å². The maximum Gasteiger partial charge on any atom is 0.286 e. The monoisotopic (exact) mass is 249 g/mol. The number of carbonyl (C=O) groups is 1. The first-order chi connectivity index (χ1) is 8.19. The molecule has 0 fully saturated rings. The molecule has 0 aliphatic carbocycles. The highest BCUT2D eigenvalue weighted by Crippen LogP contribution is 2.16. The molecule has 1 amide bonds. The first kappa shape index (κ1) is 11.5. The van der Waals surface area contributed by atoms with Crippen LogP contribution in [0.3, 0.4) is 0 Å². The van der Waals surface area contributed by atoms with Crippen LogP contribution in [-0.4, -0.2) is 28.1 Å². The number of hydrogen-bond donors (Lipinski definition) is 2. The number of aryl methyl sites for hydroxylation is 1. The summed E-state index contributed by atoms with van der Waals surface area (Å²) in [6.45, 7) is 1.86. The number of rotatable bonds is 3. The van der Waals surface area contributed by atoms with E-state index in [0.717, 1.165) is 5.69 Å². The molecule has 0 saturated heterocycles. The summed E-state index contributed by atoms with van der Waals surface area (Å²) in [4.78, 5) is 15.9. The molecule has 2 heterocycles. The number of pyridine rings is 1. The van der Waals surface area contributed by atoms with Gasteiger partial charge in [0.1, 0.15) is 0 Å². The van der Waals surface area contributed by atoms with Gasteiger partial charge in [-0.2, -0.15) is 0 Å². The summed E-state index contributed by atoms with van der Waals surface area (Å²) in [6.07, 6.45) is 1.64. The third-order valence-corrected chi connectivity index (χ3v) is 2.93. The van der Waals surface area contributed by atoms with Gasteiger partial charge in [0.2, 0.25) is 10.1 Å². The SMILES string of the molecule is CNc1nnc(C(=O)Nc2ccnc(C)c2)s1. The average Bonchev–Trinajstić information content (AvgIpc) is 2.77. The molecule has 0 aromatic carbocycles. The Bertz CT molecular complexity index is 539. The second-order valence-corrected chi connectivity index (χ2v) is 4.28. The van der Waals surface area contributed by atoms with Crippen LogP contribution in [0.5, 0.6) is 0 Å². The fourth-order valence-corrected chi connectivity index (χ4v) is 1.82. The zero-order valence-corrected chi connectivity index (χ0v) is 10.2. The Morgan fingerprint density at radius 2 is 2.24 bits per heavy atom. The molecule has 0 bridgehead atoms. The summed E-state index contributed by atoms with van der Waals surface area (Å²) in [6, 6.07) is 3.52. The number of hydrogen-bond acceptors (Lipinski definition) is 6. The molecule has 0 spiro atoms. The van der Waals surface area contributed by atoms with E-state index in [-0.39, 0.29) is 5.91 Å². The van der Waals surface area contributed by atoms with Crippen LogP contribution in [0.15, 0.2) is 18.3 Å². The Morgan fingerprint density at radius 1 is 1.41 bits per heavy atom. The van der Waals surface area contributed by atoms with Crippen LogP contribution in [0.2, 0.25) is 0 Å². The quantitative estimate of drug-likeness (QED) is 0.862. The number of aromatic nitrogens is 3. The van der Waals surface area contributed by atoms with E-state index in [9.17, 15) is 4.79 Å². The van der Waals surface area contributed by atoms with Gasteiger partial charge in [-0.05, 0) is 19.1 Å². The predicted octanol–water partition coefficient (Wildman–Crippen LogP) is 1.54. The van der Waals surface area contributed by atoms with Gasteiger partial charge < -0.3 is 10.6 Å². The highest BCUT2D eigenvalue weighted by Gasteiger charge is 2.12. The van der Waals surface area contributed by atoms with E-state index in [4.69, 9.17) is 0 Å². The zero-order valence-electron chi connectivity index (χ0n) is 9.39. The van der Waals surface area contributed by atoms with Crippen molar-refractivity contribution in [3.05, 3.63) is 29.0 Å². The van der Waals surface area contributed by atoms with E-state index in [1.807, 2.05) is 6.92 Å². The minimum absolute atomic E-state index is 0.269. The van der Waals surface area contributed by atoms with Gasteiger partial charge in [0, 0.05) is 24.6 Å². The third-order valence-electron chi connectivity index (χ3n) is 1.99. The molecule has 2 aromatic heterocycles. The van der Waals surface area contributed by atoms with E-state index in [1.54, 1.807) is 25.4 Å². The zero-order chi connectivity index (χ0) is 12.3. The van der Waals surface area contributed by atoms with Crippen LogP contribution in [0, 0.1) is 6.92 Å². The first-order valence-corrected chi connectivity index (χ1v) is 5.76. The van der Waals surface area contributed by atoms with Gasteiger partial charge in [-0.15, -0.1) is 10.2 Å². The molecule has 2 aromatic rings. The molecule has 0 saturated carbocycles. The van der Waals surface area contributed by atoms with Gasteiger partial charge in [0.05, 0.1) is 0 Å². The third kappa shape index (κ3) is 2.76. The molecule has 6 nitrogen and oxygen atoms in total. The van der Waals surface area contributed by atoms with Crippen molar-refractivity contribution in [3.8, 4) is 0 Å². The van der Waals surface area contributed by atoms with Crippen LogP contribution < -0.4 is 10.6 Å². The van der Waals surface area contributed by atoms with Gasteiger partial charge in [-0.1, -0.05) is 11.3 Å². The Labute approximate surface area is 102 Å². The second-order valence-electron chi connectivity index (χ2n) is 3.30. The summed E-state index contributed by atoms with van der Waals surface area (Å²) in [5.41, 5.74) is 1.54. The highest BCUT2D eigenvalue weighted by molar-refractivity contribution is 7.17. The van der Waals surface area contributed by atoms with Crippen molar-refractivity contribution in [1.29, 1.82) is 0 Å². The molecule has 2 rings (SSSR count). The van der Waals surface area contributed by atoms with Gasteiger partial charge in [-0.3, -0.25) is 9.78 Å². The van der Waals surface area contributed by atoms with Crippen molar-refractivity contribution >= 4 is 28.1 Å². The molecule has 88 valence electrons. The maximum atomic E-state index is 11.8. The fraction of sp³-hybridized carbons (Fsp3) is 0.200. The van der Waals surface area contributed by atoms with E-state index in [1.165, 1.54) is 11.3 Å². The van der Waals surface area contributed by atoms with Crippen LogP contribution in [-0.2, 0) is 0 Å². The lowest BCUT2D eigenvalue weighted by Gasteiger charge is -2.02. The molecule has 0 atom stereocenters. The van der Waals surface area contributed by atoms with E-state index >= 15 is 0 Å². The Hall–Kier alpha value is -2.02. The highest BCUT2D eigenvalue weighted by atomic mass is 32.1. The normalized spacial score (nSPS) is 10.0. The van der Waals surface area contributed by atoms with Crippen LogP contribution in [0.4, 0.5) is 10.8 Å². The number of anilines is 2. The van der Waals surface area contributed by atoms with Crippen LogP contribution >= 0.6 is 11.3 Å². The van der Waals surface area contributed by atoms with E-state index < -0.39 is 0 Å². The van der Waals surface area contributed by atoms with Crippen LogP contribution in [0.1, 0.15) is 15.5 Å². The van der Waals surface area contributed by atoms with Crippen molar-refractivity contribution in [1.82, 2.24) is 15.2 Å². The molecule has 0 unspecified atom stereocenters. The summed E-state index contributed by atoms with van der Waals surface area (Å²) in [5, 5.41) is 14.1. The molecule has 0 aliphatic rings. The fourth-order valence-electron chi connectivity index (χ4n) is 1.22.